The summed E-state index contributed by atoms with van der Waals surface area (Å²) >= 11 is 0. The number of carbonyl (C=O) groups excluding carboxylic acids is 2. The summed E-state index contributed by atoms with van der Waals surface area (Å²) in [5, 5.41) is 14.5. The predicted octanol–water partition coefficient (Wildman–Crippen LogP) is 0.0875. The second-order valence-electron chi connectivity index (χ2n) is 4.72. The van der Waals surface area contributed by atoms with Crippen molar-refractivity contribution in [2.45, 2.75) is 44.8 Å². The van der Waals surface area contributed by atoms with Crippen LogP contribution < -0.4 is 10.6 Å². The van der Waals surface area contributed by atoms with E-state index in [2.05, 4.69) is 17.2 Å². The molecule has 1 amide bonds. The number of nitrogens with one attached hydrogen (secondary N) is 2. The molecule has 0 aliphatic carbocycles. The molecule has 1 aliphatic rings. The Hall–Kier alpha value is -1.69. The standard InChI is InChI=1S/C13H20N2O4/c1-4-8-6-9(13(18)19)15-11(8)12(10(17)5-2)14-7(3)16/h4,8-9,11-12,15H,1,5-6H2,2-3H3,(H,14,16)(H,18,19)/t8-,9-,11?,12+/m1/s1. The first kappa shape index (κ1) is 15.4. The van der Waals surface area contributed by atoms with Crippen molar-refractivity contribution in [3.05, 3.63) is 12.7 Å². The fourth-order valence-corrected chi connectivity index (χ4v) is 2.41. The minimum absolute atomic E-state index is 0.120. The third kappa shape index (κ3) is 3.64. The molecule has 106 valence electrons. The van der Waals surface area contributed by atoms with Gasteiger partial charge in [-0.15, -0.1) is 6.58 Å². The number of aliphatic carboxylic acids is 1. The van der Waals surface area contributed by atoms with Gasteiger partial charge in [0.05, 0.1) is 0 Å². The number of amides is 1. The summed E-state index contributed by atoms with van der Waals surface area (Å²) in [4.78, 5) is 34.2. The molecule has 1 heterocycles. The van der Waals surface area contributed by atoms with Crippen molar-refractivity contribution in [2.24, 2.45) is 5.92 Å². The number of hydrogen-bond donors (Lipinski definition) is 3. The van der Waals surface area contributed by atoms with Gasteiger partial charge < -0.3 is 10.4 Å². The number of ketones is 1. The van der Waals surface area contributed by atoms with Gasteiger partial charge in [0.2, 0.25) is 5.91 Å². The van der Waals surface area contributed by atoms with E-state index in [9.17, 15) is 14.4 Å². The minimum atomic E-state index is -0.958. The summed E-state index contributed by atoms with van der Waals surface area (Å²) in [6.07, 6.45) is 2.29. The molecule has 1 fully saturated rings. The van der Waals surface area contributed by atoms with E-state index < -0.39 is 24.1 Å². The second-order valence-corrected chi connectivity index (χ2v) is 4.72. The molecule has 0 spiro atoms. The summed E-state index contributed by atoms with van der Waals surface area (Å²) in [6, 6.07) is -1.85. The maximum atomic E-state index is 11.9. The number of hydrogen-bond acceptors (Lipinski definition) is 4. The minimum Gasteiger partial charge on any atom is -0.480 e. The van der Waals surface area contributed by atoms with Gasteiger partial charge in [0.15, 0.2) is 5.78 Å². The van der Waals surface area contributed by atoms with Crippen molar-refractivity contribution in [2.75, 3.05) is 0 Å². The number of carboxylic acids is 1. The SMILES string of the molecule is C=C[C@@H]1C[C@H](C(=O)O)NC1[C@@H](NC(C)=O)C(=O)CC. The van der Waals surface area contributed by atoms with Gasteiger partial charge in [-0.25, -0.2) is 0 Å². The fraction of sp³-hybridized carbons (Fsp3) is 0.615. The summed E-state index contributed by atoms with van der Waals surface area (Å²) < 4.78 is 0. The van der Waals surface area contributed by atoms with Crippen LogP contribution in [0.25, 0.3) is 0 Å². The molecule has 0 bridgehead atoms. The summed E-state index contributed by atoms with van der Waals surface area (Å²) in [5.41, 5.74) is 0. The molecule has 4 atom stereocenters. The van der Waals surface area contributed by atoms with Crippen LogP contribution in [0.1, 0.15) is 26.7 Å². The van der Waals surface area contributed by atoms with Crippen molar-refractivity contribution in [3.63, 3.8) is 0 Å². The van der Waals surface area contributed by atoms with E-state index in [-0.39, 0.29) is 24.0 Å². The zero-order chi connectivity index (χ0) is 14.6. The van der Waals surface area contributed by atoms with Gasteiger partial charge in [-0.1, -0.05) is 13.0 Å². The van der Waals surface area contributed by atoms with Crippen LogP contribution in [-0.2, 0) is 14.4 Å². The molecular formula is C13H20N2O4. The van der Waals surface area contributed by atoms with E-state index in [1.165, 1.54) is 6.92 Å². The Labute approximate surface area is 112 Å². The van der Waals surface area contributed by atoms with Crippen LogP contribution in [0, 0.1) is 5.92 Å². The maximum Gasteiger partial charge on any atom is 0.320 e. The third-order valence-corrected chi connectivity index (χ3v) is 3.38. The molecule has 0 aromatic heterocycles. The summed E-state index contributed by atoms with van der Waals surface area (Å²) in [5.74, 6) is -1.55. The maximum absolute atomic E-state index is 11.9. The lowest BCUT2D eigenvalue weighted by Crippen LogP contribution is -2.55. The van der Waals surface area contributed by atoms with Gasteiger partial charge in [0, 0.05) is 19.4 Å². The predicted molar refractivity (Wildman–Crippen MR) is 69.6 cm³/mol. The molecule has 1 saturated heterocycles. The van der Waals surface area contributed by atoms with Crippen LogP contribution in [-0.4, -0.2) is 40.9 Å². The van der Waals surface area contributed by atoms with Gasteiger partial charge in [-0.2, -0.15) is 0 Å². The van der Waals surface area contributed by atoms with E-state index in [0.717, 1.165) is 0 Å². The number of rotatable bonds is 6. The highest BCUT2D eigenvalue weighted by Crippen LogP contribution is 2.25. The van der Waals surface area contributed by atoms with Gasteiger partial charge in [-0.05, 0) is 12.3 Å². The van der Waals surface area contributed by atoms with Crippen molar-refractivity contribution >= 4 is 17.7 Å². The quantitative estimate of drug-likeness (QED) is 0.593. The van der Waals surface area contributed by atoms with Crippen LogP contribution in [0.4, 0.5) is 0 Å². The molecule has 1 unspecified atom stereocenters. The van der Waals surface area contributed by atoms with Crippen LogP contribution >= 0.6 is 0 Å². The summed E-state index contributed by atoms with van der Waals surface area (Å²) in [6.45, 7) is 6.72. The van der Waals surface area contributed by atoms with Gasteiger partial charge in [0.25, 0.3) is 0 Å². The second kappa shape index (κ2) is 6.47. The molecule has 0 radical (unpaired) electrons. The highest BCUT2D eigenvalue weighted by Gasteiger charge is 2.42. The van der Waals surface area contributed by atoms with Crippen LogP contribution in [0.5, 0.6) is 0 Å². The van der Waals surface area contributed by atoms with Gasteiger partial charge in [-0.3, -0.25) is 19.7 Å². The van der Waals surface area contributed by atoms with E-state index in [1.807, 2.05) is 0 Å². The van der Waals surface area contributed by atoms with Crippen molar-refractivity contribution in [3.8, 4) is 0 Å². The lowest BCUT2D eigenvalue weighted by Gasteiger charge is -2.26. The summed E-state index contributed by atoms with van der Waals surface area (Å²) in [7, 11) is 0. The molecule has 0 saturated carbocycles. The molecular weight excluding hydrogens is 248 g/mol. The van der Waals surface area contributed by atoms with E-state index in [0.29, 0.717) is 6.42 Å². The first-order valence-corrected chi connectivity index (χ1v) is 6.31. The average molecular weight is 268 g/mol. The lowest BCUT2D eigenvalue weighted by molar-refractivity contribution is -0.139. The Balaban J connectivity index is 2.93. The molecule has 6 heteroatoms. The zero-order valence-electron chi connectivity index (χ0n) is 11.2. The van der Waals surface area contributed by atoms with Crippen molar-refractivity contribution < 1.29 is 19.5 Å². The Morgan fingerprint density at radius 3 is 2.58 bits per heavy atom. The van der Waals surface area contributed by atoms with E-state index in [1.54, 1.807) is 13.0 Å². The Morgan fingerprint density at radius 1 is 1.53 bits per heavy atom. The van der Waals surface area contributed by atoms with Crippen LogP contribution in [0.2, 0.25) is 0 Å². The topological polar surface area (TPSA) is 95.5 Å². The van der Waals surface area contributed by atoms with Crippen LogP contribution in [0.15, 0.2) is 12.7 Å². The number of carbonyl (C=O) groups is 3. The molecule has 0 aromatic carbocycles. The smallest absolute Gasteiger partial charge is 0.320 e. The van der Waals surface area contributed by atoms with E-state index >= 15 is 0 Å². The average Bonchev–Trinajstić information content (AvgIpc) is 2.78. The molecule has 6 nitrogen and oxygen atoms in total. The van der Waals surface area contributed by atoms with Gasteiger partial charge >= 0.3 is 5.97 Å². The van der Waals surface area contributed by atoms with Crippen LogP contribution in [0.3, 0.4) is 0 Å². The molecule has 3 N–H and O–H groups in total. The largest absolute Gasteiger partial charge is 0.480 e. The van der Waals surface area contributed by atoms with Gasteiger partial charge in [0.1, 0.15) is 12.1 Å². The molecule has 0 aromatic rings. The Kier molecular flexibility index (Phi) is 5.23. The Morgan fingerprint density at radius 2 is 2.16 bits per heavy atom. The first-order chi connectivity index (χ1) is 8.90. The Bertz CT molecular complexity index is 394. The highest BCUT2D eigenvalue weighted by molar-refractivity contribution is 5.89. The first-order valence-electron chi connectivity index (χ1n) is 6.31. The lowest BCUT2D eigenvalue weighted by atomic mass is 9.90. The fourth-order valence-electron chi connectivity index (χ4n) is 2.41. The molecule has 1 rings (SSSR count). The van der Waals surface area contributed by atoms with Crippen molar-refractivity contribution in [1.29, 1.82) is 0 Å². The molecule has 19 heavy (non-hydrogen) atoms. The molecule has 1 aliphatic heterocycles. The number of Topliss-reactive ketones (excluding diaryl/α,β-unsaturated/α-hetero) is 1. The monoisotopic (exact) mass is 268 g/mol. The highest BCUT2D eigenvalue weighted by atomic mass is 16.4. The zero-order valence-corrected chi connectivity index (χ0v) is 11.2. The van der Waals surface area contributed by atoms with E-state index in [4.69, 9.17) is 5.11 Å². The number of carboxylic acid groups (broad SMARTS) is 1. The third-order valence-electron chi connectivity index (χ3n) is 3.38. The van der Waals surface area contributed by atoms with Crippen molar-refractivity contribution in [1.82, 2.24) is 10.6 Å². The normalized spacial score (nSPS) is 27.6.